The third-order valence-corrected chi connectivity index (χ3v) is 4.62. The van der Waals surface area contributed by atoms with Crippen molar-refractivity contribution in [2.75, 3.05) is 0 Å². The van der Waals surface area contributed by atoms with E-state index in [0.29, 0.717) is 6.54 Å². The van der Waals surface area contributed by atoms with Crippen LogP contribution >= 0.6 is 0 Å². The first kappa shape index (κ1) is 13.4. The predicted molar refractivity (Wildman–Crippen MR) is 96.1 cm³/mol. The number of aliphatic imine (C=N–C) groups is 1. The molecule has 116 valence electrons. The highest BCUT2D eigenvalue weighted by atomic mass is 16.3. The van der Waals surface area contributed by atoms with Gasteiger partial charge in [0.2, 0.25) is 0 Å². The topological polar surface area (TPSA) is 30.4 Å². The molecule has 3 heteroatoms. The highest BCUT2D eigenvalue weighted by Gasteiger charge is 2.20. The van der Waals surface area contributed by atoms with Crippen molar-refractivity contribution in [2.24, 2.45) is 4.99 Å². The Morgan fingerprint density at radius 2 is 1.92 bits per heavy atom. The number of fused-ring (bicyclic) bond motifs is 4. The van der Waals surface area contributed by atoms with Crippen LogP contribution < -0.4 is 0 Å². The summed E-state index contributed by atoms with van der Waals surface area (Å²) in [5.74, 6) is 0.826. The summed E-state index contributed by atoms with van der Waals surface area (Å²) in [6, 6.07) is 20.9. The molecule has 0 unspecified atom stereocenters. The molecule has 3 heterocycles. The summed E-state index contributed by atoms with van der Waals surface area (Å²) in [7, 11) is 0. The molecule has 0 bridgehead atoms. The number of para-hydroxylation sites is 2. The Labute approximate surface area is 139 Å². The molecule has 5 rings (SSSR count). The van der Waals surface area contributed by atoms with E-state index < -0.39 is 0 Å². The van der Waals surface area contributed by atoms with Crippen LogP contribution in [-0.2, 0) is 6.54 Å². The van der Waals surface area contributed by atoms with E-state index in [-0.39, 0.29) is 0 Å². The van der Waals surface area contributed by atoms with Crippen LogP contribution in [0.25, 0.3) is 16.7 Å². The van der Waals surface area contributed by atoms with Crippen molar-refractivity contribution < 1.29 is 4.42 Å². The fourth-order valence-corrected chi connectivity index (χ4v) is 3.44. The average Bonchev–Trinajstić information content (AvgIpc) is 3.21. The number of furan rings is 1. The zero-order valence-corrected chi connectivity index (χ0v) is 13.4. The van der Waals surface area contributed by atoms with E-state index in [1.165, 1.54) is 11.3 Å². The van der Waals surface area contributed by atoms with E-state index in [0.717, 1.165) is 33.7 Å². The molecule has 0 saturated carbocycles. The molecule has 0 atom stereocenters. The molecular formula is C21H16N2O. The van der Waals surface area contributed by atoms with Gasteiger partial charge in [0.15, 0.2) is 5.76 Å². The molecule has 0 fully saturated rings. The number of aryl methyl sites for hydroxylation is 1. The van der Waals surface area contributed by atoms with Crippen LogP contribution in [0.1, 0.15) is 22.6 Å². The maximum absolute atomic E-state index is 6.17. The van der Waals surface area contributed by atoms with Gasteiger partial charge < -0.3 is 8.98 Å². The summed E-state index contributed by atoms with van der Waals surface area (Å²) in [5.41, 5.74) is 6.46. The van der Waals surface area contributed by atoms with Crippen molar-refractivity contribution in [1.29, 1.82) is 0 Å². The van der Waals surface area contributed by atoms with Crippen LogP contribution in [0.15, 0.2) is 76.3 Å². The minimum Gasteiger partial charge on any atom is -0.454 e. The van der Waals surface area contributed by atoms with Crippen molar-refractivity contribution in [2.45, 2.75) is 13.5 Å². The molecule has 4 aromatic rings. The van der Waals surface area contributed by atoms with Crippen LogP contribution in [-0.4, -0.2) is 10.3 Å². The molecule has 0 amide bonds. The lowest BCUT2D eigenvalue weighted by molar-refractivity contribution is 0.602. The van der Waals surface area contributed by atoms with Gasteiger partial charge >= 0.3 is 0 Å². The minimum atomic E-state index is 0.656. The Morgan fingerprint density at radius 1 is 1.00 bits per heavy atom. The maximum Gasteiger partial charge on any atom is 0.155 e. The third-order valence-electron chi connectivity index (χ3n) is 4.62. The smallest absolute Gasteiger partial charge is 0.155 e. The zero-order chi connectivity index (χ0) is 16.1. The van der Waals surface area contributed by atoms with Gasteiger partial charge in [0.1, 0.15) is 11.3 Å². The molecule has 2 aromatic heterocycles. The van der Waals surface area contributed by atoms with Gasteiger partial charge in [-0.25, -0.2) is 0 Å². The van der Waals surface area contributed by atoms with Gasteiger partial charge in [0.25, 0.3) is 0 Å². The van der Waals surface area contributed by atoms with Crippen molar-refractivity contribution >= 4 is 16.7 Å². The summed E-state index contributed by atoms with van der Waals surface area (Å²) in [5, 5.41) is 1.12. The molecule has 24 heavy (non-hydrogen) atoms. The van der Waals surface area contributed by atoms with Gasteiger partial charge in [-0.2, -0.15) is 0 Å². The van der Waals surface area contributed by atoms with Crippen molar-refractivity contribution in [3.8, 4) is 5.69 Å². The van der Waals surface area contributed by atoms with Gasteiger partial charge in [-0.15, -0.1) is 0 Å². The first-order chi connectivity index (χ1) is 11.8. The Balaban J connectivity index is 1.74. The fraction of sp³-hybridized carbons (Fsp3) is 0.0952. The highest BCUT2D eigenvalue weighted by Crippen LogP contribution is 2.28. The lowest BCUT2D eigenvalue weighted by atomic mass is 10.1. The van der Waals surface area contributed by atoms with Crippen molar-refractivity contribution in [3.63, 3.8) is 0 Å². The second-order valence-electron chi connectivity index (χ2n) is 6.16. The SMILES string of the molecule is Cc1cccc2cc(C3=NCc4ccccc4-n4cccc43)oc12. The molecule has 3 nitrogen and oxygen atoms in total. The highest BCUT2D eigenvalue weighted by molar-refractivity contribution is 6.12. The summed E-state index contributed by atoms with van der Waals surface area (Å²) in [4.78, 5) is 4.88. The van der Waals surface area contributed by atoms with Gasteiger partial charge in [-0.05, 0) is 42.3 Å². The number of hydrogen-bond donors (Lipinski definition) is 0. The second-order valence-corrected chi connectivity index (χ2v) is 6.16. The van der Waals surface area contributed by atoms with Gasteiger partial charge in [0, 0.05) is 11.6 Å². The fourth-order valence-electron chi connectivity index (χ4n) is 3.44. The van der Waals surface area contributed by atoms with E-state index in [1.54, 1.807) is 0 Å². The molecule has 0 aliphatic carbocycles. The van der Waals surface area contributed by atoms with Gasteiger partial charge in [0.05, 0.1) is 17.9 Å². The Bertz CT molecular complexity index is 1100. The second kappa shape index (κ2) is 4.96. The molecule has 1 aliphatic rings. The summed E-state index contributed by atoms with van der Waals surface area (Å²) >= 11 is 0. The molecule has 0 saturated heterocycles. The average molecular weight is 312 g/mol. The molecule has 0 N–H and O–H groups in total. The van der Waals surface area contributed by atoms with Crippen LogP contribution in [0.4, 0.5) is 0 Å². The molecule has 2 aromatic carbocycles. The summed E-state index contributed by atoms with van der Waals surface area (Å²) in [6.07, 6.45) is 2.09. The quantitative estimate of drug-likeness (QED) is 0.492. The predicted octanol–water partition coefficient (Wildman–Crippen LogP) is 4.88. The van der Waals surface area contributed by atoms with E-state index in [4.69, 9.17) is 9.41 Å². The lowest BCUT2D eigenvalue weighted by Gasteiger charge is -2.09. The van der Waals surface area contributed by atoms with E-state index >= 15 is 0 Å². The van der Waals surface area contributed by atoms with Crippen molar-refractivity contribution in [3.05, 3.63) is 89.4 Å². The Kier molecular flexibility index (Phi) is 2.77. The standard InChI is InChI=1S/C21H16N2O/c1-14-6-4-8-15-12-19(24-21(14)15)20-18-10-5-11-23(18)17-9-3-2-7-16(17)13-22-20/h2-12H,13H2,1H3. The number of hydrogen-bond acceptors (Lipinski definition) is 2. The van der Waals surface area contributed by atoms with Crippen LogP contribution in [0.3, 0.4) is 0 Å². The van der Waals surface area contributed by atoms with Crippen LogP contribution in [0.5, 0.6) is 0 Å². The first-order valence-electron chi connectivity index (χ1n) is 8.11. The molecular weight excluding hydrogens is 296 g/mol. The van der Waals surface area contributed by atoms with Crippen LogP contribution in [0, 0.1) is 6.92 Å². The van der Waals surface area contributed by atoms with E-state index in [2.05, 4.69) is 78.4 Å². The number of benzene rings is 2. The molecule has 0 radical (unpaired) electrons. The van der Waals surface area contributed by atoms with Crippen LogP contribution in [0.2, 0.25) is 0 Å². The monoisotopic (exact) mass is 312 g/mol. The van der Waals surface area contributed by atoms with Crippen molar-refractivity contribution in [1.82, 2.24) is 4.57 Å². The first-order valence-corrected chi connectivity index (χ1v) is 8.11. The summed E-state index contributed by atoms with van der Waals surface area (Å²) in [6.45, 7) is 2.73. The summed E-state index contributed by atoms with van der Waals surface area (Å²) < 4.78 is 8.37. The molecule has 1 aliphatic heterocycles. The number of rotatable bonds is 1. The lowest BCUT2D eigenvalue weighted by Crippen LogP contribution is -2.07. The third kappa shape index (κ3) is 1.88. The normalized spacial score (nSPS) is 13.3. The van der Waals surface area contributed by atoms with Gasteiger partial charge in [-0.1, -0.05) is 36.4 Å². The maximum atomic E-state index is 6.17. The Hall–Kier alpha value is -3.07. The Morgan fingerprint density at radius 3 is 2.83 bits per heavy atom. The van der Waals surface area contributed by atoms with E-state index in [1.807, 2.05) is 0 Å². The number of aromatic nitrogens is 1. The van der Waals surface area contributed by atoms with Gasteiger partial charge in [-0.3, -0.25) is 4.99 Å². The number of nitrogens with zero attached hydrogens (tertiary/aromatic N) is 2. The minimum absolute atomic E-state index is 0.656. The van der Waals surface area contributed by atoms with E-state index in [9.17, 15) is 0 Å². The molecule has 0 spiro atoms. The largest absolute Gasteiger partial charge is 0.454 e. The zero-order valence-electron chi connectivity index (χ0n) is 13.4.